The van der Waals surface area contributed by atoms with E-state index in [4.69, 9.17) is 5.73 Å². The number of anilines is 1. The Bertz CT molecular complexity index is 900. The van der Waals surface area contributed by atoms with Crippen LogP contribution in [0.15, 0.2) is 36.5 Å². The minimum atomic E-state index is -0.294. The average molecular weight is 311 g/mol. The topological polar surface area (TPSA) is 87.9 Å². The van der Waals surface area contributed by atoms with E-state index in [1.807, 2.05) is 0 Å². The van der Waals surface area contributed by atoms with E-state index in [-0.39, 0.29) is 17.6 Å². The van der Waals surface area contributed by atoms with Crippen LogP contribution >= 0.6 is 0 Å². The molecule has 1 fully saturated rings. The molecule has 0 radical (unpaired) electrons. The predicted octanol–water partition coefficient (Wildman–Crippen LogP) is 1.92. The molecule has 0 spiro atoms. The normalized spacial score (nSPS) is 14.9. The summed E-state index contributed by atoms with van der Waals surface area (Å²) >= 11 is 0. The standard InChI is InChI=1S/C16H14FN5O/c17-11-2-1-3-12-14(11)15(21-20-12)10-7-22(8-10)16(23)9-4-5-19-13(18)6-9/h1-6,10H,7-8H2,(H2,18,19)(H,20,21). The number of H-pyrrole nitrogens is 1. The van der Waals surface area contributed by atoms with E-state index in [2.05, 4.69) is 15.2 Å². The molecule has 3 heterocycles. The number of amides is 1. The molecule has 0 aliphatic carbocycles. The Kier molecular flexibility index (Phi) is 3.00. The summed E-state index contributed by atoms with van der Waals surface area (Å²) in [7, 11) is 0. The third-order valence-corrected chi connectivity index (χ3v) is 4.16. The van der Waals surface area contributed by atoms with Crippen molar-refractivity contribution in [2.75, 3.05) is 18.8 Å². The van der Waals surface area contributed by atoms with Gasteiger partial charge in [0, 0.05) is 30.8 Å². The lowest BCUT2D eigenvalue weighted by Crippen LogP contribution is -2.48. The van der Waals surface area contributed by atoms with E-state index >= 15 is 0 Å². The Morgan fingerprint density at radius 3 is 2.96 bits per heavy atom. The van der Waals surface area contributed by atoms with Gasteiger partial charge in [-0.25, -0.2) is 9.37 Å². The van der Waals surface area contributed by atoms with Crippen LogP contribution in [-0.2, 0) is 0 Å². The molecule has 4 rings (SSSR count). The van der Waals surface area contributed by atoms with Gasteiger partial charge in [0.1, 0.15) is 11.6 Å². The lowest BCUT2D eigenvalue weighted by atomic mass is 9.93. The van der Waals surface area contributed by atoms with Crippen LogP contribution in [-0.4, -0.2) is 39.1 Å². The molecule has 2 aromatic heterocycles. The van der Waals surface area contributed by atoms with Gasteiger partial charge in [-0.2, -0.15) is 5.10 Å². The first kappa shape index (κ1) is 13.7. The third kappa shape index (κ3) is 2.21. The maximum absolute atomic E-state index is 14.0. The maximum atomic E-state index is 14.0. The summed E-state index contributed by atoms with van der Waals surface area (Å²) in [6.45, 7) is 1.04. The Morgan fingerprint density at radius 1 is 1.35 bits per heavy atom. The van der Waals surface area contributed by atoms with Crippen LogP contribution in [0, 0.1) is 5.82 Å². The van der Waals surface area contributed by atoms with Gasteiger partial charge in [-0.05, 0) is 24.3 Å². The first-order chi connectivity index (χ1) is 11.1. The minimum Gasteiger partial charge on any atom is -0.384 e. The number of halogens is 1. The molecule has 7 heteroatoms. The number of hydrogen-bond acceptors (Lipinski definition) is 4. The third-order valence-electron chi connectivity index (χ3n) is 4.16. The number of nitrogens with two attached hydrogens (primary N) is 1. The minimum absolute atomic E-state index is 0.0556. The van der Waals surface area contributed by atoms with Crippen molar-refractivity contribution < 1.29 is 9.18 Å². The molecule has 1 aromatic carbocycles. The number of carbonyl (C=O) groups is 1. The van der Waals surface area contributed by atoms with Crippen molar-refractivity contribution in [1.29, 1.82) is 0 Å². The molecule has 3 aromatic rings. The highest BCUT2D eigenvalue weighted by molar-refractivity contribution is 5.95. The fourth-order valence-electron chi connectivity index (χ4n) is 2.94. The molecule has 0 unspecified atom stereocenters. The lowest BCUT2D eigenvalue weighted by Gasteiger charge is -2.38. The summed E-state index contributed by atoms with van der Waals surface area (Å²) in [5.41, 5.74) is 7.46. The van der Waals surface area contributed by atoms with Gasteiger partial charge in [0.25, 0.3) is 5.91 Å². The van der Waals surface area contributed by atoms with E-state index < -0.39 is 0 Å². The molecule has 1 aliphatic heterocycles. The average Bonchev–Trinajstić information content (AvgIpc) is 2.91. The Balaban J connectivity index is 1.54. The van der Waals surface area contributed by atoms with E-state index in [9.17, 15) is 9.18 Å². The second-order valence-electron chi connectivity index (χ2n) is 5.65. The van der Waals surface area contributed by atoms with Gasteiger partial charge in [-0.15, -0.1) is 0 Å². The van der Waals surface area contributed by atoms with E-state index in [0.29, 0.717) is 35.4 Å². The number of fused-ring (bicyclic) bond motifs is 1. The first-order valence-corrected chi connectivity index (χ1v) is 7.27. The number of nitrogen functional groups attached to an aromatic ring is 1. The van der Waals surface area contributed by atoms with Crippen LogP contribution in [0.3, 0.4) is 0 Å². The van der Waals surface area contributed by atoms with Gasteiger partial charge in [-0.3, -0.25) is 9.89 Å². The number of likely N-dealkylation sites (tertiary alicyclic amines) is 1. The number of aromatic amines is 1. The van der Waals surface area contributed by atoms with Crippen LogP contribution < -0.4 is 5.73 Å². The van der Waals surface area contributed by atoms with Gasteiger partial charge < -0.3 is 10.6 Å². The predicted molar refractivity (Wildman–Crippen MR) is 83.3 cm³/mol. The number of rotatable bonds is 2. The van der Waals surface area contributed by atoms with Crippen molar-refractivity contribution in [3.63, 3.8) is 0 Å². The number of nitrogens with zero attached hydrogens (tertiary/aromatic N) is 3. The molecule has 6 nitrogen and oxygen atoms in total. The van der Waals surface area contributed by atoms with Crippen molar-refractivity contribution in [2.24, 2.45) is 0 Å². The molecule has 1 amide bonds. The number of benzene rings is 1. The van der Waals surface area contributed by atoms with Crippen LogP contribution in [0.25, 0.3) is 10.9 Å². The molecule has 3 N–H and O–H groups in total. The number of pyridine rings is 1. The Hall–Kier alpha value is -2.96. The number of aromatic nitrogens is 3. The van der Waals surface area contributed by atoms with Crippen LogP contribution in [0.5, 0.6) is 0 Å². The van der Waals surface area contributed by atoms with Crippen LogP contribution in [0.2, 0.25) is 0 Å². The molecule has 0 bridgehead atoms. The quantitative estimate of drug-likeness (QED) is 0.757. The van der Waals surface area contributed by atoms with Gasteiger partial charge in [0.2, 0.25) is 0 Å². The van der Waals surface area contributed by atoms with Crippen molar-refractivity contribution in [3.8, 4) is 0 Å². The Morgan fingerprint density at radius 2 is 2.17 bits per heavy atom. The van der Waals surface area contributed by atoms with Crippen molar-refractivity contribution >= 4 is 22.6 Å². The highest BCUT2D eigenvalue weighted by atomic mass is 19.1. The zero-order valence-corrected chi connectivity index (χ0v) is 12.2. The molecular weight excluding hydrogens is 297 g/mol. The highest BCUT2D eigenvalue weighted by Crippen LogP contribution is 2.32. The van der Waals surface area contributed by atoms with Gasteiger partial charge >= 0.3 is 0 Å². The largest absolute Gasteiger partial charge is 0.384 e. The fourth-order valence-corrected chi connectivity index (χ4v) is 2.94. The summed E-state index contributed by atoms with van der Waals surface area (Å²) in [6.07, 6.45) is 1.51. The van der Waals surface area contributed by atoms with Crippen molar-refractivity contribution in [1.82, 2.24) is 20.1 Å². The number of carbonyl (C=O) groups excluding carboxylic acids is 1. The number of nitrogens with one attached hydrogen (secondary N) is 1. The zero-order valence-electron chi connectivity index (χ0n) is 12.2. The van der Waals surface area contributed by atoms with Crippen LogP contribution in [0.4, 0.5) is 10.2 Å². The summed E-state index contributed by atoms with van der Waals surface area (Å²) in [5, 5.41) is 7.55. The lowest BCUT2D eigenvalue weighted by molar-refractivity contribution is 0.0599. The summed E-state index contributed by atoms with van der Waals surface area (Å²) < 4.78 is 14.0. The van der Waals surface area contributed by atoms with E-state index in [0.717, 1.165) is 5.69 Å². The molecule has 23 heavy (non-hydrogen) atoms. The smallest absolute Gasteiger partial charge is 0.254 e. The van der Waals surface area contributed by atoms with Crippen LogP contribution in [0.1, 0.15) is 22.0 Å². The molecule has 1 saturated heterocycles. The zero-order chi connectivity index (χ0) is 16.0. The fraction of sp³-hybridized carbons (Fsp3) is 0.188. The monoisotopic (exact) mass is 311 g/mol. The van der Waals surface area contributed by atoms with Crippen molar-refractivity contribution in [3.05, 3.63) is 53.6 Å². The molecular formula is C16H14FN5O. The first-order valence-electron chi connectivity index (χ1n) is 7.27. The van der Waals surface area contributed by atoms with E-state index in [1.54, 1.807) is 29.2 Å². The number of hydrogen-bond donors (Lipinski definition) is 2. The molecule has 1 aliphatic rings. The molecule has 116 valence electrons. The summed E-state index contributed by atoms with van der Waals surface area (Å²) in [6, 6.07) is 8.01. The maximum Gasteiger partial charge on any atom is 0.254 e. The Labute approximate surface area is 131 Å². The highest BCUT2D eigenvalue weighted by Gasteiger charge is 2.35. The molecule has 0 atom stereocenters. The van der Waals surface area contributed by atoms with Gasteiger partial charge in [0.15, 0.2) is 0 Å². The summed E-state index contributed by atoms with van der Waals surface area (Å²) in [5.74, 6) is -0.0211. The van der Waals surface area contributed by atoms with Gasteiger partial charge in [0.05, 0.1) is 16.6 Å². The van der Waals surface area contributed by atoms with Crippen molar-refractivity contribution in [2.45, 2.75) is 5.92 Å². The van der Waals surface area contributed by atoms with E-state index in [1.165, 1.54) is 12.3 Å². The van der Waals surface area contributed by atoms with Gasteiger partial charge in [-0.1, -0.05) is 6.07 Å². The summed E-state index contributed by atoms with van der Waals surface area (Å²) in [4.78, 5) is 17.9. The molecule has 0 saturated carbocycles. The second kappa shape index (κ2) is 5.05. The second-order valence-corrected chi connectivity index (χ2v) is 5.65. The SMILES string of the molecule is Nc1cc(C(=O)N2CC(c3[nH]nc4cccc(F)c34)C2)ccn1.